The highest BCUT2D eigenvalue weighted by Gasteiger charge is 2.04. The summed E-state index contributed by atoms with van der Waals surface area (Å²) < 4.78 is 0. The second-order valence-corrected chi connectivity index (χ2v) is 4.44. The van der Waals surface area contributed by atoms with Gasteiger partial charge in [-0.1, -0.05) is 29.3 Å². The molecule has 3 nitrogen and oxygen atoms in total. The number of nitriles is 1. The van der Waals surface area contributed by atoms with Crippen LogP contribution in [-0.4, -0.2) is 4.98 Å². The Kier molecular flexibility index (Phi) is 4.03. The highest BCUT2D eigenvalue weighted by molar-refractivity contribution is 6.36. The van der Waals surface area contributed by atoms with Gasteiger partial charge in [0.2, 0.25) is 0 Å². The minimum atomic E-state index is 0.412. The monoisotopic (exact) mass is 277 g/mol. The predicted octanol–water partition coefficient (Wildman–Crippen LogP) is 3.87. The zero-order valence-corrected chi connectivity index (χ0v) is 10.8. The zero-order chi connectivity index (χ0) is 13.0. The number of aromatic nitrogens is 1. The van der Waals surface area contributed by atoms with Crippen LogP contribution in [0.15, 0.2) is 36.5 Å². The number of benzene rings is 1. The van der Waals surface area contributed by atoms with E-state index in [-0.39, 0.29) is 0 Å². The Labute approximate surface area is 115 Å². The number of hydrogen-bond acceptors (Lipinski definition) is 3. The molecular weight excluding hydrogens is 269 g/mol. The first kappa shape index (κ1) is 12.7. The summed E-state index contributed by atoms with van der Waals surface area (Å²) in [5.41, 5.74) is 2.01. The van der Waals surface area contributed by atoms with Crippen LogP contribution in [0.2, 0.25) is 10.0 Å². The van der Waals surface area contributed by atoms with Gasteiger partial charge < -0.3 is 5.32 Å². The largest absolute Gasteiger partial charge is 0.380 e. The smallest absolute Gasteiger partial charge is 0.145 e. The van der Waals surface area contributed by atoms with Crippen LogP contribution in [0.25, 0.3) is 0 Å². The Hall–Kier alpha value is -1.76. The fourth-order valence-electron chi connectivity index (χ4n) is 1.51. The average Bonchev–Trinajstić information content (AvgIpc) is 2.38. The SMILES string of the molecule is N#Cc1ncccc1CNc1ccc(Cl)cc1Cl. The van der Waals surface area contributed by atoms with Gasteiger partial charge in [-0.2, -0.15) is 5.26 Å². The van der Waals surface area contributed by atoms with E-state index in [0.29, 0.717) is 22.3 Å². The van der Waals surface area contributed by atoms with Crippen LogP contribution < -0.4 is 5.32 Å². The van der Waals surface area contributed by atoms with Crippen molar-refractivity contribution >= 4 is 28.9 Å². The summed E-state index contributed by atoms with van der Waals surface area (Å²) in [4.78, 5) is 3.99. The molecule has 2 aromatic rings. The van der Waals surface area contributed by atoms with Crippen molar-refractivity contribution in [2.45, 2.75) is 6.54 Å². The van der Waals surface area contributed by atoms with Crippen molar-refractivity contribution in [3.05, 3.63) is 57.8 Å². The van der Waals surface area contributed by atoms with E-state index in [2.05, 4.69) is 16.4 Å². The molecule has 0 radical (unpaired) electrons. The van der Waals surface area contributed by atoms with E-state index >= 15 is 0 Å². The molecule has 0 spiro atoms. The van der Waals surface area contributed by atoms with Crippen molar-refractivity contribution in [1.82, 2.24) is 4.98 Å². The first-order valence-corrected chi connectivity index (χ1v) is 5.99. The Balaban J connectivity index is 2.14. The maximum atomic E-state index is 8.92. The van der Waals surface area contributed by atoms with Crippen LogP contribution in [0.3, 0.4) is 0 Å². The average molecular weight is 278 g/mol. The maximum Gasteiger partial charge on any atom is 0.145 e. The van der Waals surface area contributed by atoms with Crippen molar-refractivity contribution in [2.24, 2.45) is 0 Å². The van der Waals surface area contributed by atoms with Gasteiger partial charge in [0.1, 0.15) is 11.8 Å². The molecule has 1 aromatic carbocycles. The minimum Gasteiger partial charge on any atom is -0.380 e. The molecule has 18 heavy (non-hydrogen) atoms. The molecule has 5 heteroatoms. The Morgan fingerprint density at radius 3 is 2.83 bits per heavy atom. The summed E-state index contributed by atoms with van der Waals surface area (Å²) in [5, 5.41) is 13.2. The lowest BCUT2D eigenvalue weighted by Gasteiger charge is -2.09. The van der Waals surface area contributed by atoms with Gasteiger partial charge in [-0.05, 0) is 24.3 Å². The lowest BCUT2D eigenvalue weighted by atomic mass is 10.2. The molecule has 0 atom stereocenters. The summed E-state index contributed by atoms with van der Waals surface area (Å²) in [5.74, 6) is 0. The van der Waals surface area contributed by atoms with Gasteiger partial charge in [0.25, 0.3) is 0 Å². The Morgan fingerprint density at radius 2 is 2.11 bits per heavy atom. The summed E-state index contributed by atoms with van der Waals surface area (Å²) in [6, 6.07) is 10.9. The molecule has 1 N–H and O–H groups in total. The fraction of sp³-hybridized carbons (Fsp3) is 0.0769. The number of nitrogens with one attached hydrogen (secondary N) is 1. The molecule has 0 fully saturated rings. The molecule has 2 rings (SSSR count). The predicted molar refractivity (Wildman–Crippen MR) is 72.7 cm³/mol. The van der Waals surface area contributed by atoms with Crippen LogP contribution >= 0.6 is 23.2 Å². The normalized spacial score (nSPS) is 9.83. The number of nitrogens with zero attached hydrogens (tertiary/aromatic N) is 2. The summed E-state index contributed by atoms with van der Waals surface area (Å²) in [7, 11) is 0. The molecule has 0 bridgehead atoms. The maximum absolute atomic E-state index is 8.92. The molecule has 0 aliphatic heterocycles. The standard InChI is InChI=1S/C13H9Cl2N3/c14-10-3-4-12(11(15)6-10)18-8-9-2-1-5-17-13(9)7-16/h1-6,18H,8H2. The van der Waals surface area contributed by atoms with Crippen LogP contribution in [0.5, 0.6) is 0 Å². The molecule has 0 saturated heterocycles. The molecule has 0 aliphatic carbocycles. The van der Waals surface area contributed by atoms with Crippen molar-refractivity contribution in [3.63, 3.8) is 0 Å². The van der Waals surface area contributed by atoms with Gasteiger partial charge in [0.05, 0.1) is 10.7 Å². The van der Waals surface area contributed by atoms with E-state index < -0.39 is 0 Å². The number of halogens is 2. The topological polar surface area (TPSA) is 48.7 Å². The van der Waals surface area contributed by atoms with Gasteiger partial charge in [0, 0.05) is 23.3 Å². The van der Waals surface area contributed by atoms with E-state index in [1.54, 1.807) is 30.5 Å². The lowest BCUT2D eigenvalue weighted by Crippen LogP contribution is -2.03. The summed E-state index contributed by atoms with van der Waals surface area (Å²) in [6.07, 6.45) is 1.59. The van der Waals surface area contributed by atoms with Gasteiger partial charge in [0.15, 0.2) is 0 Å². The van der Waals surface area contributed by atoms with Crippen LogP contribution in [0.1, 0.15) is 11.3 Å². The van der Waals surface area contributed by atoms with E-state index in [0.717, 1.165) is 11.3 Å². The van der Waals surface area contributed by atoms with Crippen LogP contribution in [-0.2, 0) is 6.54 Å². The highest BCUT2D eigenvalue weighted by atomic mass is 35.5. The Morgan fingerprint density at radius 1 is 1.28 bits per heavy atom. The van der Waals surface area contributed by atoms with Crippen molar-refractivity contribution in [2.75, 3.05) is 5.32 Å². The third-order valence-electron chi connectivity index (χ3n) is 2.40. The molecular formula is C13H9Cl2N3. The first-order chi connectivity index (χ1) is 8.70. The van der Waals surface area contributed by atoms with Crippen molar-refractivity contribution in [3.8, 4) is 6.07 Å². The second-order valence-electron chi connectivity index (χ2n) is 3.60. The Bertz CT molecular complexity index is 605. The van der Waals surface area contributed by atoms with E-state index in [9.17, 15) is 0 Å². The van der Waals surface area contributed by atoms with Crippen LogP contribution in [0.4, 0.5) is 5.69 Å². The number of rotatable bonds is 3. The number of pyridine rings is 1. The second kappa shape index (κ2) is 5.72. The minimum absolute atomic E-state index is 0.412. The molecule has 1 heterocycles. The van der Waals surface area contributed by atoms with E-state index in [1.165, 1.54) is 0 Å². The highest BCUT2D eigenvalue weighted by Crippen LogP contribution is 2.25. The van der Waals surface area contributed by atoms with Gasteiger partial charge in [-0.15, -0.1) is 0 Å². The molecule has 0 aliphatic rings. The fourth-order valence-corrected chi connectivity index (χ4v) is 1.98. The molecule has 1 aromatic heterocycles. The molecule has 0 amide bonds. The van der Waals surface area contributed by atoms with Crippen LogP contribution in [0, 0.1) is 11.3 Å². The van der Waals surface area contributed by atoms with E-state index in [1.807, 2.05) is 6.07 Å². The van der Waals surface area contributed by atoms with Gasteiger partial charge in [-0.25, -0.2) is 4.98 Å². The van der Waals surface area contributed by atoms with Gasteiger partial charge in [-0.3, -0.25) is 0 Å². The number of hydrogen-bond donors (Lipinski definition) is 1. The third-order valence-corrected chi connectivity index (χ3v) is 2.95. The summed E-state index contributed by atoms with van der Waals surface area (Å²) >= 11 is 11.9. The first-order valence-electron chi connectivity index (χ1n) is 5.23. The quantitative estimate of drug-likeness (QED) is 0.927. The summed E-state index contributed by atoms with van der Waals surface area (Å²) in [6.45, 7) is 0.484. The molecule has 0 saturated carbocycles. The zero-order valence-electron chi connectivity index (χ0n) is 9.32. The lowest BCUT2D eigenvalue weighted by molar-refractivity contribution is 1.09. The van der Waals surface area contributed by atoms with Gasteiger partial charge >= 0.3 is 0 Å². The van der Waals surface area contributed by atoms with E-state index in [4.69, 9.17) is 28.5 Å². The van der Waals surface area contributed by atoms with Crippen molar-refractivity contribution in [1.29, 1.82) is 5.26 Å². The molecule has 90 valence electrons. The third kappa shape index (κ3) is 2.92. The molecule has 0 unspecified atom stereocenters. The number of anilines is 1. The van der Waals surface area contributed by atoms with Crippen molar-refractivity contribution < 1.29 is 0 Å².